The number of aromatic nitrogens is 1. The van der Waals surface area contributed by atoms with E-state index < -0.39 is 0 Å². The lowest BCUT2D eigenvalue weighted by atomic mass is 10.1. The quantitative estimate of drug-likeness (QED) is 0.728. The van der Waals surface area contributed by atoms with E-state index in [1.54, 1.807) is 18.0 Å². The number of hydrogen-bond acceptors (Lipinski definition) is 5. The topological polar surface area (TPSA) is 63.2 Å². The molecular weight excluding hydrogens is 358 g/mol. The van der Waals surface area contributed by atoms with Crippen LogP contribution in [0.1, 0.15) is 36.8 Å². The van der Waals surface area contributed by atoms with Crippen LogP contribution in [0.3, 0.4) is 0 Å². The van der Waals surface area contributed by atoms with Crippen LogP contribution in [-0.2, 0) is 11.3 Å². The predicted octanol–water partition coefficient (Wildman–Crippen LogP) is 3.53. The maximum Gasteiger partial charge on any atom is 0.238 e. The van der Waals surface area contributed by atoms with E-state index in [0.717, 1.165) is 35.7 Å². The molecule has 3 rings (SSSR count). The number of carbonyl (C=O) groups excluding carboxylic acids is 1. The summed E-state index contributed by atoms with van der Waals surface area (Å²) in [4.78, 5) is 16.6. The van der Waals surface area contributed by atoms with Crippen LogP contribution in [0.15, 0.2) is 48.8 Å². The van der Waals surface area contributed by atoms with Crippen molar-refractivity contribution < 1.29 is 9.53 Å². The number of amides is 1. The Kier molecular flexibility index (Phi) is 7.12. The predicted molar refractivity (Wildman–Crippen MR) is 110 cm³/mol. The van der Waals surface area contributed by atoms with Crippen molar-refractivity contribution in [1.29, 1.82) is 0 Å². The van der Waals surface area contributed by atoms with Crippen molar-refractivity contribution in [3.8, 4) is 5.75 Å². The minimum atomic E-state index is -0.182. The van der Waals surface area contributed by atoms with Crippen LogP contribution in [0.4, 0.5) is 0 Å². The molecule has 2 unspecified atom stereocenters. The molecule has 1 aromatic carbocycles. The first-order valence-corrected chi connectivity index (χ1v) is 10.4. The number of ether oxygens (including phenoxy) is 1. The molecule has 1 aromatic heterocycles. The van der Waals surface area contributed by atoms with Crippen LogP contribution in [0.25, 0.3) is 0 Å². The monoisotopic (exact) mass is 385 g/mol. The Labute approximate surface area is 165 Å². The van der Waals surface area contributed by atoms with Gasteiger partial charge in [-0.1, -0.05) is 32.0 Å². The highest BCUT2D eigenvalue weighted by Crippen LogP contribution is 2.32. The average molecular weight is 386 g/mol. The molecule has 2 aromatic rings. The van der Waals surface area contributed by atoms with Crippen LogP contribution in [0, 0.1) is 5.92 Å². The first-order valence-electron chi connectivity index (χ1n) is 9.39. The molecule has 1 fully saturated rings. The first-order chi connectivity index (χ1) is 13.1. The molecule has 0 aliphatic carbocycles. The van der Waals surface area contributed by atoms with Crippen LogP contribution < -0.4 is 15.4 Å². The highest BCUT2D eigenvalue weighted by atomic mass is 32.2. The fraction of sp³-hybridized carbons (Fsp3) is 0.429. The third-order valence-electron chi connectivity index (χ3n) is 4.44. The van der Waals surface area contributed by atoms with Crippen molar-refractivity contribution in [2.45, 2.75) is 38.2 Å². The van der Waals surface area contributed by atoms with E-state index in [-0.39, 0.29) is 17.3 Å². The molecule has 2 atom stereocenters. The molecule has 1 aliphatic heterocycles. The number of rotatable bonds is 8. The Morgan fingerprint density at radius 2 is 2.15 bits per heavy atom. The lowest BCUT2D eigenvalue weighted by Gasteiger charge is -2.14. The van der Waals surface area contributed by atoms with E-state index in [1.807, 2.05) is 42.6 Å². The number of thioether (sulfide) groups is 1. The SMILES string of the molecule is CC(C)CCOc1ccc(CNC(=O)C2CSC(c3cccnc3)N2)cc1. The lowest BCUT2D eigenvalue weighted by Crippen LogP contribution is -2.42. The van der Waals surface area contributed by atoms with E-state index in [0.29, 0.717) is 12.5 Å². The smallest absolute Gasteiger partial charge is 0.238 e. The summed E-state index contributed by atoms with van der Waals surface area (Å²) in [6.07, 6.45) is 4.65. The number of carbonyl (C=O) groups is 1. The summed E-state index contributed by atoms with van der Waals surface area (Å²) in [6.45, 7) is 5.62. The van der Waals surface area contributed by atoms with Gasteiger partial charge in [-0.25, -0.2) is 0 Å². The van der Waals surface area contributed by atoms with Crippen LogP contribution in [0.2, 0.25) is 0 Å². The zero-order valence-corrected chi connectivity index (χ0v) is 16.7. The van der Waals surface area contributed by atoms with Crippen molar-refractivity contribution in [3.05, 3.63) is 59.9 Å². The van der Waals surface area contributed by atoms with Gasteiger partial charge in [-0.2, -0.15) is 0 Å². The van der Waals surface area contributed by atoms with E-state index in [1.165, 1.54) is 0 Å². The summed E-state index contributed by atoms with van der Waals surface area (Å²) in [6, 6.07) is 11.7. The zero-order chi connectivity index (χ0) is 19.1. The Hall–Kier alpha value is -2.05. The second-order valence-electron chi connectivity index (χ2n) is 7.11. The Morgan fingerprint density at radius 1 is 1.33 bits per heavy atom. The van der Waals surface area contributed by atoms with Gasteiger partial charge in [-0.05, 0) is 41.7 Å². The second-order valence-corrected chi connectivity index (χ2v) is 8.25. The third kappa shape index (κ3) is 5.97. The minimum absolute atomic E-state index is 0.0335. The number of pyridine rings is 1. The minimum Gasteiger partial charge on any atom is -0.494 e. The van der Waals surface area contributed by atoms with Crippen molar-refractivity contribution in [2.24, 2.45) is 5.92 Å². The van der Waals surface area contributed by atoms with E-state index in [2.05, 4.69) is 29.5 Å². The molecule has 1 aliphatic rings. The Bertz CT molecular complexity index is 722. The highest BCUT2D eigenvalue weighted by Gasteiger charge is 2.30. The van der Waals surface area contributed by atoms with E-state index in [4.69, 9.17) is 4.74 Å². The summed E-state index contributed by atoms with van der Waals surface area (Å²) in [7, 11) is 0. The first kappa shape index (κ1) is 19.7. The van der Waals surface area contributed by atoms with Crippen LogP contribution >= 0.6 is 11.8 Å². The van der Waals surface area contributed by atoms with Gasteiger partial charge in [0.25, 0.3) is 0 Å². The van der Waals surface area contributed by atoms with Crippen LogP contribution in [0.5, 0.6) is 5.75 Å². The Morgan fingerprint density at radius 3 is 2.85 bits per heavy atom. The summed E-state index contributed by atoms with van der Waals surface area (Å²) in [5.74, 6) is 2.30. The van der Waals surface area contributed by atoms with Crippen molar-refractivity contribution >= 4 is 17.7 Å². The number of hydrogen-bond donors (Lipinski definition) is 2. The molecule has 144 valence electrons. The molecule has 0 radical (unpaired) electrons. The van der Waals surface area contributed by atoms with Gasteiger partial charge < -0.3 is 10.1 Å². The number of nitrogens with zero attached hydrogens (tertiary/aromatic N) is 1. The number of nitrogens with one attached hydrogen (secondary N) is 2. The summed E-state index contributed by atoms with van der Waals surface area (Å²) >= 11 is 1.74. The lowest BCUT2D eigenvalue weighted by molar-refractivity contribution is -0.122. The molecule has 6 heteroatoms. The standard InChI is InChI=1S/C21H27N3O2S/c1-15(2)9-11-26-18-7-5-16(6-8-18)12-23-20(25)19-14-27-21(24-19)17-4-3-10-22-13-17/h3-8,10,13,15,19,21,24H,9,11-12,14H2,1-2H3,(H,23,25). The summed E-state index contributed by atoms with van der Waals surface area (Å²) in [5.41, 5.74) is 2.17. The fourth-order valence-corrected chi connectivity index (χ4v) is 4.00. The van der Waals surface area contributed by atoms with Gasteiger partial charge in [0.2, 0.25) is 5.91 Å². The molecule has 5 nitrogen and oxygen atoms in total. The van der Waals surface area contributed by atoms with Gasteiger partial charge in [0, 0.05) is 24.7 Å². The molecular formula is C21H27N3O2S. The van der Waals surface area contributed by atoms with Gasteiger partial charge in [0.1, 0.15) is 5.75 Å². The molecule has 0 spiro atoms. The van der Waals surface area contributed by atoms with Gasteiger partial charge in [0.05, 0.1) is 18.0 Å². The van der Waals surface area contributed by atoms with Gasteiger partial charge >= 0.3 is 0 Å². The molecule has 1 amide bonds. The van der Waals surface area contributed by atoms with E-state index >= 15 is 0 Å². The normalized spacial score (nSPS) is 19.2. The molecule has 0 saturated carbocycles. The van der Waals surface area contributed by atoms with Crippen molar-refractivity contribution in [3.63, 3.8) is 0 Å². The fourth-order valence-electron chi connectivity index (χ4n) is 2.77. The number of benzene rings is 1. The average Bonchev–Trinajstić information content (AvgIpc) is 3.18. The molecule has 1 saturated heterocycles. The van der Waals surface area contributed by atoms with Crippen molar-refractivity contribution in [1.82, 2.24) is 15.6 Å². The molecule has 2 heterocycles. The van der Waals surface area contributed by atoms with Crippen LogP contribution in [-0.4, -0.2) is 29.3 Å². The maximum atomic E-state index is 12.4. The van der Waals surface area contributed by atoms with Crippen molar-refractivity contribution in [2.75, 3.05) is 12.4 Å². The van der Waals surface area contributed by atoms with Gasteiger partial charge in [0.15, 0.2) is 0 Å². The van der Waals surface area contributed by atoms with Gasteiger partial charge in [-0.15, -0.1) is 11.8 Å². The maximum absolute atomic E-state index is 12.4. The highest BCUT2D eigenvalue weighted by molar-refractivity contribution is 7.99. The molecule has 27 heavy (non-hydrogen) atoms. The summed E-state index contributed by atoms with van der Waals surface area (Å²) < 4.78 is 5.73. The van der Waals surface area contributed by atoms with E-state index in [9.17, 15) is 4.79 Å². The zero-order valence-electron chi connectivity index (χ0n) is 15.9. The summed E-state index contributed by atoms with van der Waals surface area (Å²) in [5, 5.41) is 6.52. The largest absolute Gasteiger partial charge is 0.494 e. The molecule has 0 bridgehead atoms. The molecule has 2 N–H and O–H groups in total. The van der Waals surface area contributed by atoms with Gasteiger partial charge in [-0.3, -0.25) is 15.1 Å². The third-order valence-corrected chi connectivity index (χ3v) is 5.71. The second kappa shape index (κ2) is 9.76. The Balaban J connectivity index is 1.43.